The Bertz CT molecular complexity index is 487. The second kappa shape index (κ2) is 5.16. The minimum atomic E-state index is -0.388. The third-order valence-corrected chi connectivity index (χ3v) is 2.73. The van der Waals surface area contributed by atoms with E-state index in [2.05, 4.69) is 0 Å². The van der Waals surface area contributed by atoms with Gasteiger partial charge in [-0.2, -0.15) is 0 Å². The predicted octanol–water partition coefficient (Wildman–Crippen LogP) is -0.126. The first-order chi connectivity index (χ1) is 8.66. The zero-order chi connectivity index (χ0) is 13.1. The maximum absolute atomic E-state index is 12.0. The number of anilines is 1. The van der Waals surface area contributed by atoms with Gasteiger partial charge in [-0.05, 0) is 12.1 Å². The van der Waals surface area contributed by atoms with Gasteiger partial charge in [-0.1, -0.05) is 6.07 Å². The third kappa shape index (κ3) is 2.07. The lowest BCUT2D eigenvalue weighted by molar-refractivity contribution is 0.0514. The molecule has 1 aromatic carbocycles. The summed E-state index contributed by atoms with van der Waals surface area (Å²) >= 11 is 0. The molecule has 2 rings (SSSR count). The van der Waals surface area contributed by atoms with Gasteiger partial charge in [0.05, 0.1) is 37.5 Å². The lowest BCUT2D eigenvalue weighted by Crippen LogP contribution is -2.33. The number of hydrogen-bond acceptors (Lipinski definition) is 5. The zero-order valence-electron chi connectivity index (χ0n) is 9.76. The van der Waals surface area contributed by atoms with E-state index in [-0.39, 0.29) is 43.7 Å². The fraction of sp³-hybridized carbons (Fsp3) is 0.333. The highest BCUT2D eigenvalue weighted by Crippen LogP contribution is 2.27. The summed E-state index contributed by atoms with van der Waals surface area (Å²) in [6, 6.07) is 4.82. The molecule has 18 heavy (non-hydrogen) atoms. The number of aliphatic hydroxyl groups is 1. The van der Waals surface area contributed by atoms with Gasteiger partial charge in [-0.3, -0.25) is 14.5 Å². The summed E-state index contributed by atoms with van der Waals surface area (Å²) in [6.45, 7) is 0.456. The molecule has 0 atom stereocenters. The average molecular weight is 250 g/mol. The van der Waals surface area contributed by atoms with Crippen molar-refractivity contribution in [3.05, 3.63) is 29.3 Å². The molecule has 1 heterocycles. The van der Waals surface area contributed by atoms with Crippen molar-refractivity contribution < 1.29 is 19.4 Å². The van der Waals surface area contributed by atoms with Crippen molar-refractivity contribution in [2.75, 3.05) is 32.1 Å². The Labute approximate surface area is 104 Å². The number of nitrogens with two attached hydrogens (primary N) is 1. The highest BCUT2D eigenvalue weighted by molar-refractivity contribution is 6.23. The fourth-order valence-corrected chi connectivity index (χ4v) is 1.89. The molecule has 1 aromatic rings. The number of carbonyl (C=O) groups excluding carboxylic acids is 2. The number of rotatable bonds is 5. The van der Waals surface area contributed by atoms with Crippen LogP contribution in [0.25, 0.3) is 0 Å². The second-order valence-electron chi connectivity index (χ2n) is 3.87. The van der Waals surface area contributed by atoms with E-state index in [1.165, 1.54) is 0 Å². The molecule has 2 amide bonds. The maximum atomic E-state index is 12.0. The van der Waals surface area contributed by atoms with Crippen LogP contribution >= 0.6 is 0 Å². The van der Waals surface area contributed by atoms with Crippen molar-refractivity contribution in [2.45, 2.75) is 0 Å². The van der Waals surface area contributed by atoms with Gasteiger partial charge < -0.3 is 15.6 Å². The predicted molar refractivity (Wildman–Crippen MR) is 64.1 cm³/mol. The Morgan fingerprint density at radius 2 is 2.00 bits per heavy atom. The molecule has 3 N–H and O–H groups in total. The lowest BCUT2D eigenvalue weighted by atomic mass is 10.1. The standard InChI is InChI=1S/C12H14N2O4/c13-9-3-1-2-8-10(9)12(17)14(11(8)16)4-6-18-7-5-15/h1-3,15H,4-7,13H2. The van der Waals surface area contributed by atoms with Crippen LogP contribution in [0, 0.1) is 0 Å². The molecule has 0 saturated heterocycles. The van der Waals surface area contributed by atoms with Crippen molar-refractivity contribution in [3.8, 4) is 0 Å². The van der Waals surface area contributed by atoms with Crippen LogP contribution in [0.4, 0.5) is 5.69 Å². The molecular weight excluding hydrogens is 236 g/mol. The molecular formula is C12H14N2O4. The van der Waals surface area contributed by atoms with Crippen molar-refractivity contribution in [1.29, 1.82) is 0 Å². The Morgan fingerprint density at radius 3 is 2.67 bits per heavy atom. The first-order valence-corrected chi connectivity index (χ1v) is 5.60. The summed E-state index contributed by atoms with van der Waals surface area (Å²) in [5.41, 5.74) is 6.61. The van der Waals surface area contributed by atoms with E-state index < -0.39 is 0 Å². The molecule has 0 radical (unpaired) electrons. The molecule has 6 heteroatoms. The van der Waals surface area contributed by atoms with Crippen LogP contribution in [0.1, 0.15) is 20.7 Å². The fourth-order valence-electron chi connectivity index (χ4n) is 1.89. The van der Waals surface area contributed by atoms with Crippen LogP contribution in [0.3, 0.4) is 0 Å². The number of nitrogen functional groups attached to an aromatic ring is 1. The molecule has 6 nitrogen and oxygen atoms in total. The number of imide groups is 1. The number of carbonyl (C=O) groups is 2. The highest BCUT2D eigenvalue weighted by Gasteiger charge is 2.36. The molecule has 0 saturated carbocycles. The first kappa shape index (κ1) is 12.5. The third-order valence-electron chi connectivity index (χ3n) is 2.73. The number of benzene rings is 1. The maximum Gasteiger partial charge on any atom is 0.263 e. The Hall–Kier alpha value is -1.92. The monoisotopic (exact) mass is 250 g/mol. The minimum Gasteiger partial charge on any atom is -0.398 e. The van der Waals surface area contributed by atoms with Crippen molar-refractivity contribution in [1.82, 2.24) is 4.90 Å². The van der Waals surface area contributed by atoms with Crippen molar-refractivity contribution in [3.63, 3.8) is 0 Å². The molecule has 1 aliphatic heterocycles. The van der Waals surface area contributed by atoms with E-state index in [1.807, 2.05) is 0 Å². The van der Waals surface area contributed by atoms with E-state index in [0.29, 0.717) is 11.3 Å². The van der Waals surface area contributed by atoms with Gasteiger partial charge in [-0.25, -0.2) is 0 Å². The van der Waals surface area contributed by atoms with Gasteiger partial charge in [0.2, 0.25) is 0 Å². The minimum absolute atomic E-state index is 0.0882. The number of hydrogen-bond donors (Lipinski definition) is 2. The van der Waals surface area contributed by atoms with Crippen LogP contribution in [0.15, 0.2) is 18.2 Å². The average Bonchev–Trinajstić information content (AvgIpc) is 2.60. The molecule has 0 spiro atoms. The summed E-state index contributed by atoms with van der Waals surface area (Å²) in [5, 5.41) is 8.55. The van der Waals surface area contributed by atoms with Gasteiger partial charge in [0.25, 0.3) is 11.8 Å². The Morgan fingerprint density at radius 1 is 1.22 bits per heavy atom. The van der Waals surface area contributed by atoms with E-state index >= 15 is 0 Å². The summed E-state index contributed by atoms with van der Waals surface area (Å²) in [5.74, 6) is -0.740. The van der Waals surface area contributed by atoms with E-state index in [1.54, 1.807) is 18.2 Å². The topological polar surface area (TPSA) is 92.9 Å². The molecule has 0 fully saturated rings. The van der Waals surface area contributed by atoms with Crippen molar-refractivity contribution >= 4 is 17.5 Å². The highest BCUT2D eigenvalue weighted by atomic mass is 16.5. The van der Waals surface area contributed by atoms with Gasteiger partial charge in [0.15, 0.2) is 0 Å². The number of ether oxygens (including phenoxy) is 1. The van der Waals surface area contributed by atoms with Crippen LogP contribution in [0.2, 0.25) is 0 Å². The molecule has 0 bridgehead atoms. The Kier molecular flexibility index (Phi) is 3.59. The first-order valence-electron chi connectivity index (χ1n) is 5.60. The van der Waals surface area contributed by atoms with Gasteiger partial charge in [-0.15, -0.1) is 0 Å². The Balaban J connectivity index is 2.11. The van der Waals surface area contributed by atoms with Crippen LogP contribution in [0.5, 0.6) is 0 Å². The lowest BCUT2D eigenvalue weighted by Gasteiger charge is -2.13. The molecule has 96 valence electrons. The zero-order valence-corrected chi connectivity index (χ0v) is 9.76. The SMILES string of the molecule is Nc1cccc2c1C(=O)N(CCOCCO)C2=O. The normalized spacial score (nSPS) is 14.2. The number of nitrogens with zero attached hydrogens (tertiary/aromatic N) is 1. The van der Waals surface area contributed by atoms with Crippen LogP contribution < -0.4 is 5.73 Å². The second-order valence-corrected chi connectivity index (χ2v) is 3.87. The summed E-state index contributed by atoms with van der Waals surface area (Å²) in [6.07, 6.45) is 0. The molecule has 1 aliphatic rings. The van der Waals surface area contributed by atoms with Crippen LogP contribution in [-0.4, -0.2) is 48.2 Å². The summed E-state index contributed by atoms with van der Waals surface area (Å²) in [4.78, 5) is 25.1. The summed E-state index contributed by atoms with van der Waals surface area (Å²) < 4.78 is 5.04. The largest absolute Gasteiger partial charge is 0.398 e. The quantitative estimate of drug-likeness (QED) is 0.431. The van der Waals surface area contributed by atoms with Crippen molar-refractivity contribution in [2.24, 2.45) is 0 Å². The van der Waals surface area contributed by atoms with E-state index in [9.17, 15) is 9.59 Å². The number of fused-ring (bicyclic) bond motifs is 1. The van der Waals surface area contributed by atoms with Gasteiger partial charge >= 0.3 is 0 Å². The number of aliphatic hydroxyl groups excluding tert-OH is 1. The van der Waals surface area contributed by atoms with E-state index in [4.69, 9.17) is 15.6 Å². The smallest absolute Gasteiger partial charge is 0.263 e. The van der Waals surface area contributed by atoms with Gasteiger partial charge in [0.1, 0.15) is 0 Å². The molecule has 0 aromatic heterocycles. The molecule has 0 aliphatic carbocycles. The summed E-state index contributed by atoms with van der Waals surface area (Å²) in [7, 11) is 0. The molecule has 0 unspecified atom stereocenters. The number of amides is 2. The van der Waals surface area contributed by atoms with Crippen LogP contribution in [-0.2, 0) is 4.74 Å². The van der Waals surface area contributed by atoms with E-state index in [0.717, 1.165) is 4.90 Å². The van der Waals surface area contributed by atoms with Gasteiger partial charge in [0, 0.05) is 5.69 Å².